The predicted octanol–water partition coefficient (Wildman–Crippen LogP) is 3.17. The van der Waals surface area contributed by atoms with E-state index in [-0.39, 0.29) is 0 Å². The Bertz CT molecular complexity index is 207. The van der Waals surface area contributed by atoms with Crippen molar-refractivity contribution in [3.8, 4) is 0 Å². The maximum atomic E-state index is 3.62. The average molecular weight is 238 g/mol. The van der Waals surface area contributed by atoms with E-state index in [2.05, 4.69) is 24.1 Å². The number of hydrogen-bond donors (Lipinski definition) is 1. The van der Waals surface area contributed by atoms with Gasteiger partial charge in [0.25, 0.3) is 0 Å². The van der Waals surface area contributed by atoms with Crippen molar-refractivity contribution in [1.82, 2.24) is 10.2 Å². The molecule has 2 fully saturated rings. The van der Waals surface area contributed by atoms with Gasteiger partial charge in [-0.3, -0.25) is 4.90 Å². The van der Waals surface area contributed by atoms with Crippen LogP contribution in [0.3, 0.4) is 0 Å². The van der Waals surface area contributed by atoms with Gasteiger partial charge in [0.2, 0.25) is 0 Å². The largest absolute Gasteiger partial charge is 0.314 e. The van der Waals surface area contributed by atoms with E-state index in [1.54, 1.807) is 0 Å². The van der Waals surface area contributed by atoms with Crippen molar-refractivity contribution < 1.29 is 0 Å². The molecular weight excluding hydrogens is 208 g/mol. The number of nitrogens with one attached hydrogen (secondary N) is 1. The molecule has 0 aromatic heterocycles. The van der Waals surface area contributed by atoms with Crippen molar-refractivity contribution in [3.05, 3.63) is 0 Å². The molecule has 0 heterocycles. The molecule has 2 nitrogen and oxygen atoms in total. The molecule has 2 saturated carbocycles. The summed E-state index contributed by atoms with van der Waals surface area (Å²) in [4.78, 5) is 2.75. The number of rotatable bonds is 8. The summed E-state index contributed by atoms with van der Waals surface area (Å²) in [7, 11) is 0. The summed E-state index contributed by atoms with van der Waals surface area (Å²) < 4.78 is 0. The lowest BCUT2D eigenvalue weighted by atomic mass is 10.1. The van der Waals surface area contributed by atoms with Crippen molar-refractivity contribution in [2.24, 2.45) is 0 Å². The summed E-state index contributed by atoms with van der Waals surface area (Å²) >= 11 is 0. The maximum absolute atomic E-state index is 3.62. The summed E-state index contributed by atoms with van der Waals surface area (Å²) in [6, 6.07) is 2.55. The van der Waals surface area contributed by atoms with Crippen LogP contribution in [-0.2, 0) is 0 Å². The van der Waals surface area contributed by atoms with Crippen LogP contribution in [0.1, 0.15) is 65.2 Å². The highest BCUT2D eigenvalue weighted by Gasteiger charge is 2.25. The minimum Gasteiger partial charge on any atom is -0.314 e. The predicted molar refractivity (Wildman–Crippen MR) is 74.4 cm³/mol. The summed E-state index contributed by atoms with van der Waals surface area (Å²) in [5.41, 5.74) is 0. The van der Waals surface area contributed by atoms with E-state index >= 15 is 0 Å². The molecule has 1 N–H and O–H groups in total. The van der Waals surface area contributed by atoms with Gasteiger partial charge >= 0.3 is 0 Å². The Kier molecular flexibility index (Phi) is 5.30. The molecule has 2 aliphatic carbocycles. The minimum absolute atomic E-state index is 0.782. The van der Waals surface area contributed by atoms with E-state index < -0.39 is 0 Å². The van der Waals surface area contributed by atoms with E-state index in [1.165, 1.54) is 64.5 Å². The molecule has 2 rings (SSSR count). The van der Waals surface area contributed by atoms with E-state index in [0.717, 1.165) is 18.1 Å². The molecule has 1 atom stereocenters. The summed E-state index contributed by atoms with van der Waals surface area (Å²) in [6.45, 7) is 7.23. The standard InChI is InChI=1S/C15H30N2/c1-3-17(15-8-4-5-9-15)13(2)7-6-12-16-14-10-11-14/h13-16H,3-12H2,1-2H3. The average Bonchev–Trinajstić information content (AvgIpc) is 3.00. The molecule has 0 spiro atoms. The second-order valence-corrected chi connectivity index (χ2v) is 5.99. The van der Waals surface area contributed by atoms with Gasteiger partial charge in [-0.2, -0.15) is 0 Å². The van der Waals surface area contributed by atoms with Crippen molar-refractivity contribution in [1.29, 1.82) is 0 Å². The highest BCUT2D eigenvalue weighted by atomic mass is 15.2. The Balaban J connectivity index is 1.62. The van der Waals surface area contributed by atoms with E-state index in [4.69, 9.17) is 0 Å². The fraction of sp³-hybridized carbons (Fsp3) is 1.00. The van der Waals surface area contributed by atoms with Gasteiger partial charge in [0.05, 0.1) is 0 Å². The molecular formula is C15H30N2. The van der Waals surface area contributed by atoms with Crippen molar-refractivity contribution in [2.75, 3.05) is 13.1 Å². The van der Waals surface area contributed by atoms with Crippen LogP contribution < -0.4 is 5.32 Å². The zero-order valence-electron chi connectivity index (χ0n) is 11.8. The molecule has 0 aliphatic heterocycles. The molecule has 0 amide bonds. The van der Waals surface area contributed by atoms with Crippen LogP contribution in [-0.4, -0.2) is 36.1 Å². The van der Waals surface area contributed by atoms with Crippen LogP contribution in [0.15, 0.2) is 0 Å². The lowest BCUT2D eigenvalue weighted by molar-refractivity contribution is 0.145. The Labute approximate surface area is 107 Å². The van der Waals surface area contributed by atoms with Crippen molar-refractivity contribution >= 4 is 0 Å². The molecule has 2 aliphatic rings. The summed E-state index contributed by atoms with van der Waals surface area (Å²) in [5, 5.41) is 3.62. The Morgan fingerprint density at radius 3 is 2.47 bits per heavy atom. The smallest absolute Gasteiger partial charge is 0.00979 e. The van der Waals surface area contributed by atoms with E-state index in [1.807, 2.05) is 0 Å². The second-order valence-electron chi connectivity index (χ2n) is 5.99. The fourth-order valence-corrected chi connectivity index (χ4v) is 3.32. The van der Waals surface area contributed by atoms with Crippen molar-refractivity contribution in [2.45, 2.75) is 83.3 Å². The monoisotopic (exact) mass is 238 g/mol. The van der Waals surface area contributed by atoms with E-state index in [9.17, 15) is 0 Å². The normalized spacial score (nSPS) is 23.5. The maximum Gasteiger partial charge on any atom is 0.00979 e. The molecule has 0 saturated heterocycles. The van der Waals surface area contributed by atoms with Crippen LogP contribution in [0.4, 0.5) is 0 Å². The molecule has 0 aromatic rings. The van der Waals surface area contributed by atoms with Gasteiger partial charge in [-0.1, -0.05) is 19.8 Å². The molecule has 2 heteroatoms. The van der Waals surface area contributed by atoms with Gasteiger partial charge in [-0.25, -0.2) is 0 Å². The van der Waals surface area contributed by atoms with Crippen LogP contribution in [0.5, 0.6) is 0 Å². The first-order chi connectivity index (χ1) is 8.31. The number of hydrogen-bond acceptors (Lipinski definition) is 2. The summed E-state index contributed by atoms with van der Waals surface area (Å²) in [6.07, 6.45) is 11.3. The number of nitrogens with zero attached hydrogens (tertiary/aromatic N) is 1. The molecule has 17 heavy (non-hydrogen) atoms. The molecule has 0 bridgehead atoms. The van der Waals surface area contributed by atoms with E-state index in [0.29, 0.717) is 0 Å². The van der Waals surface area contributed by atoms with Gasteiger partial charge < -0.3 is 5.32 Å². The van der Waals surface area contributed by atoms with Crippen LogP contribution in [0.25, 0.3) is 0 Å². The zero-order valence-corrected chi connectivity index (χ0v) is 11.8. The van der Waals surface area contributed by atoms with Gasteiger partial charge in [-0.15, -0.1) is 0 Å². The quantitative estimate of drug-likeness (QED) is 0.653. The molecule has 100 valence electrons. The minimum atomic E-state index is 0.782. The first kappa shape index (κ1) is 13.4. The Morgan fingerprint density at radius 1 is 1.18 bits per heavy atom. The third-order valence-corrected chi connectivity index (χ3v) is 4.53. The first-order valence-electron chi connectivity index (χ1n) is 7.80. The van der Waals surface area contributed by atoms with Gasteiger partial charge in [0.15, 0.2) is 0 Å². The van der Waals surface area contributed by atoms with Gasteiger partial charge in [-0.05, 0) is 58.5 Å². The molecule has 0 radical (unpaired) electrons. The van der Waals surface area contributed by atoms with Gasteiger partial charge in [0.1, 0.15) is 0 Å². The third kappa shape index (κ3) is 4.26. The van der Waals surface area contributed by atoms with Gasteiger partial charge in [0, 0.05) is 18.1 Å². The zero-order chi connectivity index (χ0) is 12.1. The van der Waals surface area contributed by atoms with Crippen LogP contribution in [0.2, 0.25) is 0 Å². The summed E-state index contributed by atoms with van der Waals surface area (Å²) in [5.74, 6) is 0. The first-order valence-corrected chi connectivity index (χ1v) is 7.80. The molecule has 1 unspecified atom stereocenters. The lowest BCUT2D eigenvalue weighted by Crippen LogP contribution is -2.40. The van der Waals surface area contributed by atoms with Crippen LogP contribution in [0, 0.1) is 0 Å². The Hall–Kier alpha value is -0.0800. The SMILES string of the molecule is CCN(C(C)CCCNC1CC1)C1CCCC1. The highest BCUT2D eigenvalue weighted by molar-refractivity contribution is 4.82. The fourth-order valence-electron chi connectivity index (χ4n) is 3.32. The highest BCUT2D eigenvalue weighted by Crippen LogP contribution is 2.26. The lowest BCUT2D eigenvalue weighted by Gasteiger charge is -2.33. The van der Waals surface area contributed by atoms with Crippen molar-refractivity contribution in [3.63, 3.8) is 0 Å². The van der Waals surface area contributed by atoms with Crippen LogP contribution >= 0.6 is 0 Å². The molecule has 0 aromatic carbocycles. The topological polar surface area (TPSA) is 15.3 Å². The second kappa shape index (κ2) is 6.75. The third-order valence-electron chi connectivity index (χ3n) is 4.53. The Morgan fingerprint density at radius 2 is 1.88 bits per heavy atom.